The number of hydrogen-bond acceptors (Lipinski definition) is 3. The van der Waals surface area contributed by atoms with E-state index in [4.69, 9.17) is 9.73 Å². The number of nitrogens with zero attached hydrogens (tertiary/aromatic N) is 1. The topological polar surface area (TPSA) is 38.7 Å². The van der Waals surface area contributed by atoms with Crippen molar-refractivity contribution in [3.63, 3.8) is 0 Å². The van der Waals surface area contributed by atoms with Crippen LogP contribution >= 0.6 is 0 Å². The molecule has 1 aliphatic carbocycles. The van der Waals surface area contributed by atoms with Gasteiger partial charge < -0.3 is 4.74 Å². The van der Waals surface area contributed by atoms with Gasteiger partial charge in [0.1, 0.15) is 0 Å². The molecule has 1 fully saturated rings. The van der Waals surface area contributed by atoms with Crippen LogP contribution in [0.1, 0.15) is 29.5 Å². The zero-order valence-corrected chi connectivity index (χ0v) is 15.0. The van der Waals surface area contributed by atoms with E-state index < -0.39 is 11.0 Å². The first-order valence-electron chi connectivity index (χ1n) is 9.16. The summed E-state index contributed by atoms with van der Waals surface area (Å²) in [5.74, 6) is 0.0668. The molecule has 1 aliphatic heterocycles. The molecule has 2 aliphatic rings. The normalized spacial score (nSPS) is 25.1. The van der Waals surface area contributed by atoms with Crippen LogP contribution in [0.3, 0.4) is 0 Å². The van der Waals surface area contributed by atoms with Gasteiger partial charge in [0.2, 0.25) is 0 Å². The molecule has 2 atom stereocenters. The van der Waals surface area contributed by atoms with Crippen molar-refractivity contribution >= 4 is 11.9 Å². The van der Waals surface area contributed by atoms with Gasteiger partial charge in [0.25, 0.3) is 0 Å². The molecule has 0 amide bonds. The van der Waals surface area contributed by atoms with Crippen LogP contribution < -0.4 is 0 Å². The van der Waals surface area contributed by atoms with E-state index in [1.54, 1.807) is 6.92 Å². The van der Waals surface area contributed by atoms with Gasteiger partial charge in [-0.3, -0.25) is 0 Å². The molecule has 1 heterocycles. The van der Waals surface area contributed by atoms with Crippen LogP contribution in [0.5, 0.6) is 0 Å². The molecule has 27 heavy (non-hydrogen) atoms. The first-order valence-corrected chi connectivity index (χ1v) is 9.16. The van der Waals surface area contributed by atoms with Crippen molar-refractivity contribution in [2.45, 2.75) is 23.8 Å². The Morgan fingerprint density at radius 2 is 1.26 bits per heavy atom. The van der Waals surface area contributed by atoms with Crippen molar-refractivity contribution in [1.29, 1.82) is 0 Å². The molecule has 0 bridgehead atoms. The summed E-state index contributed by atoms with van der Waals surface area (Å²) >= 11 is 0. The Bertz CT molecular complexity index is 988. The van der Waals surface area contributed by atoms with Gasteiger partial charge >= 0.3 is 5.97 Å². The Morgan fingerprint density at radius 3 is 1.70 bits per heavy atom. The number of esters is 1. The molecule has 3 heteroatoms. The van der Waals surface area contributed by atoms with Crippen molar-refractivity contribution in [1.82, 2.24) is 0 Å². The molecule has 0 saturated heterocycles. The van der Waals surface area contributed by atoms with Crippen molar-refractivity contribution in [2.24, 2.45) is 4.99 Å². The van der Waals surface area contributed by atoms with Crippen LogP contribution in [0.15, 0.2) is 96.0 Å². The number of carbonyl (C=O) groups excluding carboxylic acids is 1. The minimum Gasteiger partial charge on any atom is -0.410 e. The highest BCUT2D eigenvalue weighted by molar-refractivity contribution is 6.06. The first kappa shape index (κ1) is 16.0. The third-order valence-electron chi connectivity index (χ3n) is 5.85. The van der Waals surface area contributed by atoms with Gasteiger partial charge in [-0.1, -0.05) is 91.0 Å². The van der Waals surface area contributed by atoms with Gasteiger partial charge in [-0.15, -0.1) is 0 Å². The quantitative estimate of drug-likeness (QED) is 0.651. The van der Waals surface area contributed by atoms with Crippen LogP contribution in [0.2, 0.25) is 0 Å². The molecule has 0 aromatic heterocycles. The number of hydrogen-bond donors (Lipinski definition) is 0. The van der Waals surface area contributed by atoms with E-state index >= 15 is 0 Å². The predicted molar refractivity (Wildman–Crippen MR) is 105 cm³/mol. The van der Waals surface area contributed by atoms with Gasteiger partial charge in [0, 0.05) is 12.8 Å². The van der Waals surface area contributed by atoms with Gasteiger partial charge in [-0.2, -0.15) is 0 Å². The summed E-state index contributed by atoms with van der Waals surface area (Å²) in [7, 11) is 0. The summed E-state index contributed by atoms with van der Waals surface area (Å²) in [5, 5.41) is 0. The molecule has 3 aromatic carbocycles. The summed E-state index contributed by atoms with van der Waals surface area (Å²) in [4.78, 5) is 18.0. The SMILES string of the molecule is CC1=N[C@]2(C(=O)O1)[C@H](c1ccccc1)C2(c1ccccc1)c1ccccc1. The van der Waals surface area contributed by atoms with Crippen molar-refractivity contribution in [3.8, 4) is 0 Å². The van der Waals surface area contributed by atoms with Gasteiger partial charge in [-0.25, -0.2) is 9.79 Å². The lowest BCUT2D eigenvalue weighted by Gasteiger charge is -2.21. The number of carbonyl (C=O) groups is 1. The summed E-state index contributed by atoms with van der Waals surface area (Å²) < 4.78 is 5.50. The van der Waals surface area contributed by atoms with Gasteiger partial charge in [-0.05, 0) is 16.7 Å². The minimum absolute atomic E-state index is 0.110. The molecule has 0 N–H and O–H groups in total. The molecule has 3 aromatic rings. The second-order valence-corrected chi connectivity index (χ2v) is 7.17. The average Bonchev–Trinajstić information content (AvgIpc) is 3.22. The Kier molecular flexibility index (Phi) is 3.35. The Labute approximate surface area is 158 Å². The molecule has 3 nitrogen and oxygen atoms in total. The summed E-state index contributed by atoms with van der Waals surface area (Å²) in [6.07, 6.45) is 0. The maximum Gasteiger partial charge on any atom is 0.342 e. The third kappa shape index (κ3) is 1.97. The Balaban J connectivity index is 1.85. The fourth-order valence-corrected chi connectivity index (χ4v) is 4.90. The highest BCUT2D eigenvalue weighted by Crippen LogP contribution is 2.75. The Morgan fingerprint density at radius 1 is 0.778 bits per heavy atom. The monoisotopic (exact) mass is 353 g/mol. The van der Waals surface area contributed by atoms with Crippen molar-refractivity contribution < 1.29 is 9.53 Å². The molecule has 1 saturated carbocycles. The fraction of sp³-hybridized carbons (Fsp3) is 0.167. The van der Waals surface area contributed by atoms with E-state index in [9.17, 15) is 4.79 Å². The van der Waals surface area contributed by atoms with Crippen LogP contribution in [0, 0.1) is 0 Å². The predicted octanol–water partition coefficient (Wildman–Crippen LogP) is 4.48. The second-order valence-electron chi connectivity index (χ2n) is 7.17. The van der Waals surface area contributed by atoms with E-state index in [0.29, 0.717) is 5.90 Å². The van der Waals surface area contributed by atoms with Gasteiger partial charge in [0.05, 0.1) is 5.41 Å². The Hall–Kier alpha value is -3.20. The van der Waals surface area contributed by atoms with E-state index in [0.717, 1.165) is 16.7 Å². The van der Waals surface area contributed by atoms with Crippen molar-refractivity contribution in [2.75, 3.05) is 0 Å². The number of ether oxygens (including phenoxy) is 1. The van der Waals surface area contributed by atoms with E-state index in [-0.39, 0.29) is 11.9 Å². The summed E-state index contributed by atoms with van der Waals surface area (Å²) in [6, 6.07) is 30.6. The molecular weight excluding hydrogens is 334 g/mol. The van der Waals surface area contributed by atoms with E-state index in [1.807, 2.05) is 54.6 Å². The molecule has 0 radical (unpaired) electrons. The number of aliphatic imine (C=N–C) groups is 1. The van der Waals surface area contributed by atoms with Crippen LogP contribution in [0.4, 0.5) is 0 Å². The highest BCUT2D eigenvalue weighted by atomic mass is 16.6. The van der Waals surface area contributed by atoms with Crippen LogP contribution in [-0.2, 0) is 14.9 Å². The molecular formula is C24H19NO2. The van der Waals surface area contributed by atoms with Crippen LogP contribution in [-0.4, -0.2) is 17.4 Å². The maximum atomic E-state index is 13.2. The maximum absolute atomic E-state index is 13.2. The average molecular weight is 353 g/mol. The second kappa shape index (κ2) is 5.65. The zero-order chi connectivity index (χ0) is 18.5. The van der Waals surface area contributed by atoms with E-state index in [1.165, 1.54) is 0 Å². The molecule has 1 spiro atoms. The zero-order valence-electron chi connectivity index (χ0n) is 15.0. The highest BCUT2D eigenvalue weighted by Gasteiger charge is 2.85. The lowest BCUT2D eigenvalue weighted by Crippen LogP contribution is -2.29. The molecule has 5 rings (SSSR count). The van der Waals surface area contributed by atoms with E-state index in [2.05, 4.69) is 36.4 Å². The number of benzene rings is 3. The largest absolute Gasteiger partial charge is 0.410 e. The molecule has 0 unspecified atom stereocenters. The lowest BCUT2D eigenvalue weighted by molar-refractivity contribution is -0.136. The first-order chi connectivity index (χ1) is 13.2. The van der Waals surface area contributed by atoms with Crippen molar-refractivity contribution in [3.05, 3.63) is 108 Å². The lowest BCUT2D eigenvalue weighted by atomic mass is 9.82. The minimum atomic E-state index is -0.957. The van der Waals surface area contributed by atoms with Crippen LogP contribution in [0.25, 0.3) is 0 Å². The molecule has 132 valence electrons. The summed E-state index contributed by atoms with van der Waals surface area (Å²) in [6.45, 7) is 1.76. The number of cyclic esters (lactones) is 1. The number of rotatable bonds is 3. The summed E-state index contributed by atoms with van der Waals surface area (Å²) in [5.41, 5.74) is 1.73. The fourth-order valence-electron chi connectivity index (χ4n) is 4.90. The third-order valence-corrected chi connectivity index (χ3v) is 5.85. The smallest absolute Gasteiger partial charge is 0.342 e. The standard InChI is InChI=1S/C24H19NO2/c1-17-25-24(22(26)27-17)21(18-11-5-2-6-12-18)23(24,19-13-7-3-8-14-19)20-15-9-4-10-16-20/h2-16,21H,1H3/t21-,24+/m1/s1. The van der Waals surface area contributed by atoms with Gasteiger partial charge in [0.15, 0.2) is 11.4 Å².